The molecule has 0 fully saturated rings. The Morgan fingerprint density at radius 1 is 1.57 bits per heavy atom. The lowest BCUT2D eigenvalue weighted by atomic mass is 10.1. The van der Waals surface area contributed by atoms with Gasteiger partial charge in [-0.2, -0.15) is 0 Å². The van der Waals surface area contributed by atoms with Crippen molar-refractivity contribution in [2.45, 2.75) is 19.9 Å². The number of rotatable bonds is 6. The molecule has 1 aromatic heterocycles. The van der Waals surface area contributed by atoms with Crippen molar-refractivity contribution in [3.8, 4) is 0 Å². The van der Waals surface area contributed by atoms with Crippen LogP contribution in [-0.4, -0.2) is 25.0 Å². The zero-order valence-electron chi connectivity index (χ0n) is 9.07. The summed E-state index contributed by atoms with van der Waals surface area (Å²) in [6.07, 6.45) is 4.60. The molecule has 1 rings (SSSR count). The van der Waals surface area contributed by atoms with Crippen molar-refractivity contribution in [3.63, 3.8) is 0 Å². The van der Waals surface area contributed by atoms with Crippen LogP contribution in [0, 0.1) is 5.92 Å². The first-order chi connectivity index (χ1) is 6.72. The van der Waals surface area contributed by atoms with Gasteiger partial charge in [0.1, 0.15) is 0 Å². The molecule has 1 unspecified atom stereocenters. The van der Waals surface area contributed by atoms with Gasteiger partial charge in [-0.1, -0.05) is 6.92 Å². The van der Waals surface area contributed by atoms with Crippen LogP contribution in [0.5, 0.6) is 0 Å². The van der Waals surface area contributed by atoms with Gasteiger partial charge in [0.25, 0.3) is 0 Å². The number of hydrogen-bond donors (Lipinski definition) is 1. The van der Waals surface area contributed by atoms with Gasteiger partial charge in [-0.25, -0.2) is 0 Å². The molecule has 3 heteroatoms. The van der Waals surface area contributed by atoms with Crippen molar-refractivity contribution >= 4 is 0 Å². The van der Waals surface area contributed by atoms with Crippen LogP contribution in [0.15, 0.2) is 23.0 Å². The second kappa shape index (κ2) is 5.83. The van der Waals surface area contributed by atoms with Gasteiger partial charge in [0, 0.05) is 18.7 Å². The summed E-state index contributed by atoms with van der Waals surface area (Å²) in [4.78, 5) is 2.30. The molecule has 0 aromatic carbocycles. The molecular weight excluding hydrogens is 176 g/mol. The molecule has 0 saturated heterocycles. The number of hydrogen-bond acceptors (Lipinski definition) is 3. The third-order valence-electron chi connectivity index (χ3n) is 2.32. The highest BCUT2D eigenvalue weighted by Gasteiger charge is 2.06. The molecule has 0 saturated carbocycles. The Balaban J connectivity index is 2.25. The molecule has 14 heavy (non-hydrogen) atoms. The highest BCUT2D eigenvalue weighted by molar-refractivity contribution is 5.04. The molecule has 3 nitrogen and oxygen atoms in total. The number of nitrogens with zero attached hydrogens (tertiary/aromatic N) is 1. The second-order valence-electron chi connectivity index (χ2n) is 4.01. The van der Waals surface area contributed by atoms with Crippen molar-refractivity contribution in [1.29, 1.82) is 0 Å². The minimum atomic E-state index is 0.664. The average molecular weight is 196 g/mol. The molecule has 0 amide bonds. The van der Waals surface area contributed by atoms with Crippen LogP contribution in [-0.2, 0) is 6.54 Å². The molecule has 2 N–H and O–H groups in total. The van der Waals surface area contributed by atoms with Crippen LogP contribution in [0.2, 0.25) is 0 Å². The van der Waals surface area contributed by atoms with E-state index in [2.05, 4.69) is 18.9 Å². The van der Waals surface area contributed by atoms with Crippen molar-refractivity contribution in [2.24, 2.45) is 11.7 Å². The maximum Gasteiger partial charge on any atom is 0.0947 e. The monoisotopic (exact) mass is 196 g/mol. The van der Waals surface area contributed by atoms with Gasteiger partial charge < -0.3 is 15.1 Å². The number of nitrogens with two attached hydrogens (primary N) is 1. The lowest BCUT2D eigenvalue weighted by Gasteiger charge is -2.20. The smallest absolute Gasteiger partial charge is 0.0947 e. The predicted molar refractivity (Wildman–Crippen MR) is 57.9 cm³/mol. The summed E-state index contributed by atoms with van der Waals surface area (Å²) in [5.41, 5.74) is 6.74. The highest BCUT2D eigenvalue weighted by atomic mass is 16.3. The van der Waals surface area contributed by atoms with Crippen LogP contribution >= 0.6 is 0 Å². The molecule has 1 heterocycles. The van der Waals surface area contributed by atoms with Crippen LogP contribution < -0.4 is 5.73 Å². The molecule has 0 spiro atoms. The molecule has 0 aliphatic rings. The van der Waals surface area contributed by atoms with Crippen LogP contribution in [0.25, 0.3) is 0 Å². The minimum Gasteiger partial charge on any atom is -0.472 e. The summed E-state index contributed by atoms with van der Waals surface area (Å²) in [5.74, 6) is 0.664. The molecule has 0 bridgehead atoms. The van der Waals surface area contributed by atoms with E-state index >= 15 is 0 Å². The van der Waals surface area contributed by atoms with E-state index in [0.29, 0.717) is 5.92 Å². The van der Waals surface area contributed by atoms with Gasteiger partial charge in [-0.3, -0.25) is 0 Å². The first-order valence-electron chi connectivity index (χ1n) is 5.12. The first kappa shape index (κ1) is 11.3. The Bertz CT molecular complexity index is 233. The Hall–Kier alpha value is -0.800. The third kappa shape index (κ3) is 3.94. The second-order valence-corrected chi connectivity index (χ2v) is 4.01. The fourth-order valence-corrected chi connectivity index (χ4v) is 1.67. The number of furan rings is 1. The van der Waals surface area contributed by atoms with E-state index in [9.17, 15) is 0 Å². The lowest BCUT2D eigenvalue weighted by Crippen LogP contribution is -2.25. The van der Waals surface area contributed by atoms with Crippen molar-refractivity contribution in [1.82, 2.24) is 4.90 Å². The Morgan fingerprint density at radius 3 is 2.93 bits per heavy atom. The van der Waals surface area contributed by atoms with Crippen molar-refractivity contribution in [2.75, 3.05) is 20.1 Å². The highest BCUT2D eigenvalue weighted by Crippen LogP contribution is 2.07. The fraction of sp³-hybridized carbons (Fsp3) is 0.636. The van der Waals surface area contributed by atoms with Gasteiger partial charge in [0.2, 0.25) is 0 Å². The first-order valence-corrected chi connectivity index (χ1v) is 5.12. The van der Waals surface area contributed by atoms with E-state index in [-0.39, 0.29) is 0 Å². The minimum absolute atomic E-state index is 0.664. The lowest BCUT2D eigenvalue weighted by molar-refractivity contribution is 0.272. The van der Waals surface area contributed by atoms with Crippen LogP contribution in [0.1, 0.15) is 18.9 Å². The third-order valence-corrected chi connectivity index (χ3v) is 2.32. The molecule has 80 valence electrons. The maximum atomic E-state index is 5.51. The van der Waals surface area contributed by atoms with Gasteiger partial charge in [-0.15, -0.1) is 0 Å². The summed E-state index contributed by atoms with van der Waals surface area (Å²) < 4.78 is 5.02. The quantitative estimate of drug-likeness (QED) is 0.753. The van der Waals surface area contributed by atoms with E-state index in [0.717, 1.165) is 26.1 Å². The van der Waals surface area contributed by atoms with Gasteiger partial charge in [0.05, 0.1) is 12.5 Å². The summed E-state index contributed by atoms with van der Waals surface area (Å²) in [7, 11) is 2.13. The molecule has 0 aliphatic heterocycles. The SMILES string of the molecule is CC(CCN)CN(C)Cc1ccoc1. The zero-order valence-corrected chi connectivity index (χ0v) is 9.07. The standard InChI is InChI=1S/C11H20N2O/c1-10(3-5-12)7-13(2)8-11-4-6-14-9-11/h4,6,9-10H,3,5,7-8,12H2,1-2H3. The van der Waals surface area contributed by atoms with Crippen LogP contribution in [0.4, 0.5) is 0 Å². The summed E-state index contributed by atoms with van der Waals surface area (Å²) in [6, 6.07) is 2.00. The van der Waals surface area contributed by atoms with Gasteiger partial charge in [-0.05, 0) is 32.0 Å². The average Bonchev–Trinajstić information content (AvgIpc) is 2.56. The maximum absolute atomic E-state index is 5.51. The van der Waals surface area contributed by atoms with Gasteiger partial charge in [0.15, 0.2) is 0 Å². The molecule has 0 radical (unpaired) electrons. The van der Waals surface area contributed by atoms with E-state index in [1.807, 2.05) is 6.07 Å². The van der Waals surface area contributed by atoms with E-state index < -0.39 is 0 Å². The molecule has 0 aliphatic carbocycles. The summed E-state index contributed by atoms with van der Waals surface area (Å²) in [6.45, 7) is 5.05. The van der Waals surface area contributed by atoms with E-state index in [4.69, 9.17) is 10.2 Å². The molecular formula is C11H20N2O. The molecule has 1 aromatic rings. The largest absolute Gasteiger partial charge is 0.472 e. The van der Waals surface area contributed by atoms with E-state index in [1.165, 1.54) is 5.56 Å². The fourth-order valence-electron chi connectivity index (χ4n) is 1.67. The Kier molecular flexibility index (Phi) is 4.70. The van der Waals surface area contributed by atoms with Crippen molar-refractivity contribution < 1.29 is 4.42 Å². The predicted octanol–water partition coefficient (Wildman–Crippen LogP) is 1.70. The summed E-state index contributed by atoms with van der Waals surface area (Å²) >= 11 is 0. The Labute approximate surface area is 85.9 Å². The zero-order chi connectivity index (χ0) is 10.4. The summed E-state index contributed by atoms with van der Waals surface area (Å²) in [5, 5.41) is 0. The molecule has 1 atom stereocenters. The van der Waals surface area contributed by atoms with E-state index in [1.54, 1.807) is 12.5 Å². The Morgan fingerprint density at radius 2 is 2.36 bits per heavy atom. The topological polar surface area (TPSA) is 42.4 Å². The normalized spacial score (nSPS) is 13.4. The van der Waals surface area contributed by atoms with Crippen molar-refractivity contribution in [3.05, 3.63) is 24.2 Å². The van der Waals surface area contributed by atoms with Gasteiger partial charge >= 0.3 is 0 Å². The van der Waals surface area contributed by atoms with Crippen LogP contribution in [0.3, 0.4) is 0 Å².